The van der Waals surface area contributed by atoms with Crippen LogP contribution in [0.1, 0.15) is 35.8 Å². The number of carbonyl (C=O) groups is 2. The second kappa shape index (κ2) is 11.5. The highest BCUT2D eigenvalue weighted by atomic mass is 35.5. The Morgan fingerprint density at radius 2 is 1.61 bits per heavy atom. The van der Waals surface area contributed by atoms with Gasteiger partial charge < -0.3 is 15.4 Å². The quantitative estimate of drug-likeness (QED) is 0.420. The van der Waals surface area contributed by atoms with E-state index in [1.54, 1.807) is 24.3 Å². The fourth-order valence-electron chi connectivity index (χ4n) is 3.73. The highest BCUT2D eigenvalue weighted by Crippen LogP contribution is 2.31. The minimum absolute atomic E-state index is 0.200. The molecule has 0 unspecified atom stereocenters. The molecule has 190 valence electrons. The largest absolute Gasteiger partial charge is 0.495 e. The summed E-state index contributed by atoms with van der Waals surface area (Å²) in [4.78, 5) is 26.2. The van der Waals surface area contributed by atoms with Gasteiger partial charge in [0.15, 0.2) is 0 Å². The standard InChI is InChI=1S/C26H28ClN3O5S/c1-17(19-10-6-5-7-11-19)28-26(32)21-12-8-9-13-23(21)29-25(31)18(2)30(36(4,33)34)20-14-15-24(35-3)22(27)16-20/h5-18H,1-4H3,(H,28,32)(H,29,31)/t17-,18-/m0/s1. The van der Waals surface area contributed by atoms with E-state index in [1.807, 2.05) is 37.3 Å². The van der Waals surface area contributed by atoms with Crippen molar-refractivity contribution in [1.29, 1.82) is 0 Å². The molecule has 2 atom stereocenters. The molecule has 0 aromatic heterocycles. The number of halogens is 1. The van der Waals surface area contributed by atoms with Crippen LogP contribution in [0.2, 0.25) is 5.02 Å². The van der Waals surface area contributed by atoms with Gasteiger partial charge in [0, 0.05) is 0 Å². The molecule has 8 nitrogen and oxygen atoms in total. The van der Waals surface area contributed by atoms with E-state index in [0.717, 1.165) is 16.1 Å². The first kappa shape index (κ1) is 27.0. The van der Waals surface area contributed by atoms with Gasteiger partial charge in [0.25, 0.3) is 5.91 Å². The molecule has 10 heteroatoms. The number of carbonyl (C=O) groups excluding carboxylic acids is 2. The summed E-state index contributed by atoms with van der Waals surface area (Å²) in [5.41, 5.74) is 1.64. The maximum Gasteiger partial charge on any atom is 0.253 e. The van der Waals surface area contributed by atoms with Crippen molar-refractivity contribution < 1.29 is 22.7 Å². The molecular formula is C26H28ClN3O5S. The van der Waals surface area contributed by atoms with Gasteiger partial charge in [0.05, 0.1) is 41.4 Å². The van der Waals surface area contributed by atoms with Crippen molar-refractivity contribution in [1.82, 2.24) is 5.32 Å². The van der Waals surface area contributed by atoms with Crippen LogP contribution < -0.4 is 19.7 Å². The molecule has 36 heavy (non-hydrogen) atoms. The van der Waals surface area contributed by atoms with E-state index in [0.29, 0.717) is 5.75 Å². The van der Waals surface area contributed by atoms with E-state index in [9.17, 15) is 18.0 Å². The van der Waals surface area contributed by atoms with Crippen molar-refractivity contribution in [3.05, 3.63) is 88.9 Å². The van der Waals surface area contributed by atoms with Crippen LogP contribution in [0.15, 0.2) is 72.8 Å². The van der Waals surface area contributed by atoms with Gasteiger partial charge in [-0.3, -0.25) is 13.9 Å². The van der Waals surface area contributed by atoms with E-state index >= 15 is 0 Å². The van der Waals surface area contributed by atoms with Crippen LogP contribution in [-0.2, 0) is 14.8 Å². The van der Waals surface area contributed by atoms with Gasteiger partial charge in [-0.1, -0.05) is 54.1 Å². The van der Waals surface area contributed by atoms with Gasteiger partial charge in [-0.2, -0.15) is 0 Å². The van der Waals surface area contributed by atoms with Crippen molar-refractivity contribution in [2.24, 2.45) is 0 Å². The number of anilines is 2. The fraction of sp³-hybridized carbons (Fsp3) is 0.231. The number of methoxy groups -OCH3 is 1. The van der Waals surface area contributed by atoms with Crippen molar-refractivity contribution in [3.8, 4) is 5.75 Å². The average Bonchev–Trinajstić information content (AvgIpc) is 2.84. The third-order valence-electron chi connectivity index (χ3n) is 5.56. The average molecular weight is 530 g/mol. The highest BCUT2D eigenvalue weighted by Gasteiger charge is 2.30. The minimum atomic E-state index is -3.87. The van der Waals surface area contributed by atoms with Gasteiger partial charge in [0.2, 0.25) is 15.9 Å². The van der Waals surface area contributed by atoms with E-state index in [2.05, 4.69) is 10.6 Å². The van der Waals surface area contributed by atoms with Crippen molar-refractivity contribution >= 4 is 44.8 Å². The molecule has 3 aromatic rings. The van der Waals surface area contributed by atoms with E-state index in [1.165, 1.54) is 32.2 Å². The number of nitrogens with zero attached hydrogens (tertiary/aromatic N) is 1. The fourth-order valence-corrected chi connectivity index (χ4v) is 5.15. The number of amides is 2. The Morgan fingerprint density at radius 1 is 0.972 bits per heavy atom. The molecule has 3 rings (SSSR count). The molecule has 2 amide bonds. The Balaban J connectivity index is 1.84. The molecule has 3 aromatic carbocycles. The lowest BCUT2D eigenvalue weighted by atomic mass is 10.1. The first-order valence-corrected chi connectivity index (χ1v) is 13.3. The van der Waals surface area contributed by atoms with Crippen LogP contribution in [0, 0.1) is 0 Å². The zero-order valence-electron chi connectivity index (χ0n) is 20.4. The van der Waals surface area contributed by atoms with Crippen molar-refractivity contribution in [2.45, 2.75) is 25.9 Å². The zero-order valence-corrected chi connectivity index (χ0v) is 21.9. The summed E-state index contributed by atoms with van der Waals surface area (Å²) in [5.74, 6) is -0.629. The van der Waals surface area contributed by atoms with Gasteiger partial charge in [0.1, 0.15) is 11.8 Å². The predicted octanol–water partition coefficient (Wildman–Crippen LogP) is 4.63. The molecule has 0 aliphatic carbocycles. The number of benzene rings is 3. The Labute approximate surface area is 216 Å². The summed E-state index contributed by atoms with van der Waals surface area (Å²) in [5, 5.41) is 5.82. The molecule has 0 bridgehead atoms. The number of hydrogen-bond donors (Lipinski definition) is 2. The number of para-hydroxylation sites is 1. The summed E-state index contributed by atoms with van der Waals surface area (Å²) in [6, 6.07) is 19.0. The summed E-state index contributed by atoms with van der Waals surface area (Å²) in [6.45, 7) is 3.31. The second-order valence-electron chi connectivity index (χ2n) is 8.19. The number of sulfonamides is 1. The van der Waals surface area contributed by atoms with Crippen LogP contribution in [0.5, 0.6) is 5.75 Å². The zero-order chi connectivity index (χ0) is 26.5. The summed E-state index contributed by atoms with van der Waals surface area (Å²) >= 11 is 6.19. The number of ether oxygens (including phenoxy) is 1. The van der Waals surface area contributed by atoms with Crippen LogP contribution in [0.4, 0.5) is 11.4 Å². The maximum absolute atomic E-state index is 13.2. The predicted molar refractivity (Wildman–Crippen MR) is 142 cm³/mol. The van der Waals surface area contributed by atoms with Crippen LogP contribution in [-0.4, -0.2) is 39.6 Å². The smallest absolute Gasteiger partial charge is 0.253 e. The lowest BCUT2D eigenvalue weighted by Crippen LogP contribution is -2.45. The third kappa shape index (κ3) is 6.35. The van der Waals surface area contributed by atoms with E-state index in [4.69, 9.17) is 16.3 Å². The van der Waals surface area contributed by atoms with Crippen molar-refractivity contribution in [3.63, 3.8) is 0 Å². The molecule has 0 saturated carbocycles. The molecular weight excluding hydrogens is 502 g/mol. The van der Waals surface area contributed by atoms with Crippen molar-refractivity contribution in [2.75, 3.05) is 23.0 Å². The summed E-state index contributed by atoms with van der Waals surface area (Å²) in [6.07, 6.45) is 1.00. The highest BCUT2D eigenvalue weighted by molar-refractivity contribution is 7.92. The Bertz CT molecular complexity index is 1350. The number of rotatable bonds is 9. The van der Waals surface area contributed by atoms with Crippen LogP contribution in [0.3, 0.4) is 0 Å². The van der Waals surface area contributed by atoms with Crippen LogP contribution in [0.25, 0.3) is 0 Å². The first-order valence-electron chi connectivity index (χ1n) is 11.1. The third-order valence-corrected chi connectivity index (χ3v) is 7.09. The Hall–Kier alpha value is -3.56. The number of nitrogens with one attached hydrogen (secondary N) is 2. The topological polar surface area (TPSA) is 105 Å². The molecule has 0 heterocycles. The second-order valence-corrected chi connectivity index (χ2v) is 10.5. The van der Waals surface area contributed by atoms with Crippen LogP contribution >= 0.6 is 11.6 Å². The van der Waals surface area contributed by atoms with Gasteiger partial charge >= 0.3 is 0 Å². The summed E-state index contributed by atoms with van der Waals surface area (Å²) < 4.78 is 31.4. The minimum Gasteiger partial charge on any atom is -0.495 e. The first-order chi connectivity index (χ1) is 17.0. The molecule has 0 saturated heterocycles. The Kier molecular flexibility index (Phi) is 8.60. The molecule has 0 fully saturated rings. The Morgan fingerprint density at radius 3 is 2.22 bits per heavy atom. The lowest BCUT2D eigenvalue weighted by Gasteiger charge is -2.28. The maximum atomic E-state index is 13.2. The van der Waals surface area contributed by atoms with Gasteiger partial charge in [-0.05, 0) is 49.7 Å². The SMILES string of the molecule is COc1ccc(N([C@@H](C)C(=O)Nc2ccccc2C(=O)N[C@@H](C)c2ccccc2)S(C)(=O)=O)cc1Cl. The molecule has 2 N–H and O–H groups in total. The molecule has 0 spiro atoms. The monoisotopic (exact) mass is 529 g/mol. The molecule has 0 radical (unpaired) electrons. The molecule has 0 aliphatic heterocycles. The summed E-state index contributed by atoms with van der Waals surface area (Å²) in [7, 11) is -2.43. The van der Waals surface area contributed by atoms with Gasteiger partial charge in [-0.15, -0.1) is 0 Å². The number of hydrogen-bond acceptors (Lipinski definition) is 5. The van der Waals surface area contributed by atoms with Gasteiger partial charge in [-0.25, -0.2) is 8.42 Å². The molecule has 0 aliphatic rings. The van der Waals surface area contributed by atoms with E-state index < -0.39 is 22.0 Å². The van der Waals surface area contributed by atoms with E-state index in [-0.39, 0.29) is 33.9 Å². The lowest BCUT2D eigenvalue weighted by molar-refractivity contribution is -0.116. The normalized spacial score (nSPS) is 12.8.